The molecule has 0 bridgehead atoms. The van der Waals surface area contributed by atoms with Gasteiger partial charge in [0.1, 0.15) is 0 Å². The zero-order chi connectivity index (χ0) is 17.0. The molecule has 144 valence electrons. The molecule has 1 saturated heterocycles. The van der Waals surface area contributed by atoms with Gasteiger partial charge in [0, 0.05) is 44.8 Å². The van der Waals surface area contributed by atoms with Gasteiger partial charge in [-0.2, -0.15) is 0 Å². The molecular weight excluding hydrogens is 447 g/mol. The second-order valence-electron chi connectivity index (χ2n) is 6.29. The van der Waals surface area contributed by atoms with Crippen LogP contribution in [0.3, 0.4) is 0 Å². The molecule has 1 aromatic rings. The van der Waals surface area contributed by atoms with E-state index in [1.165, 1.54) is 30.8 Å². The maximum atomic E-state index is 5.08. The quantitative estimate of drug-likeness (QED) is 0.247. The van der Waals surface area contributed by atoms with Crippen molar-refractivity contribution in [3.8, 4) is 0 Å². The summed E-state index contributed by atoms with van der Waals surface area (Å²) in [4.78, 5) is 8.82. The summed E-state index contributed by atoms with van der Waals surface area (Å²) in [7, 11) is 1.74. The Morgan fingerprint density at radius 1 is 1.36 bits per heavy atom. The van der Waals surface area contributed by atoms with Crippen molar-refractivity contribution in [2.75, 3.05) is 46.4 Å². The van der Waals surface area contributed by atoms with E-state index in [0.29, 0.717) is 5.92 Å². The molecule has 2 N–H and O–H groups in total. The molecule has 0 aliphatic carbocycles. The molecule has 0 amide bonds. The fourth-order valence-corrected chi connectivity index (χ4v) is 3.68. The summed E-state index contributed by atoms with van der Waals surface area (Å²) in [5.74, 6) is 1.65. The number of hydrogen-bond acceptors (Lipinski definition) is 4. The van der Waals surface area contributed by atoms with Crippen LogP contribution in [0, 0.1) is 5.92 Å². The van der Waals surface area contributed by atoms with Gasteiger partial charge in [-0.15, -0.1) is 35.3 Å². The summed E-state index contributed by atoms with van der Waals surface area (Å²) in [5, 5.41) is 8.88. The van der Waals surface area contributed by atoms with E-state index in [1.807, 2.05) is 11.3 Å². The molecular formula is C18H33IN4OS. The van der Waals surface area contributed by atoms with Gasteiger partial charge in [-0.3, -0.25) is 9.89 Å². The van der Waals surface area contributed by atoms with E-state index in [4.69, 9.17) is 9.73 Å². The first-order valence-corrected chi connectivity index (χ1v) is 9.95. The third-order valence-electron chi connectivity index (χ3n) is 4.34. The number of aliphatic imine (C=N–C) groups is 1. The third kappa shape index (κ3) is 9.21. The van der Waals surface area contributed by atoms with Crippen LogP contribution in [0.4, 0.5) is 0 Å². The number of thiophene rings is 1. The lowest BCUT2D eigenvalue weighted by Gasteiger charge is -2.31. The van der Waals surface area contributed by atoms with Crippen molar-refractivity contribution in [2.45, 2.75) is 32.7 Å². The summed E-state index contributed by atoms with van der Waals surface area (Å²) in [6.07, 6.45) is 3.50. The van der Waals surface area contributed by atoms with Crippen LogP contribution in [0.2, 0.25) is 0 Å². The predicted molar refractivity (Wildman–Crippen MR) is 118 cm³/mol. The van der Waals surface area contributed by atoms with E-state index in [-0.39, 0.29) is 24.0 Å². The third-order valence-corrected chi connectivity index (χ3v) is 5.20. The van der Waals surface area contributed by atoms with E-state index in [1.54, 1.807) is 7.11 Å². The first-order valence-electron chi connectivity index (χ1n) is 9.07. The lowest BCUT2D eigenvalue weighted by atomic mass is 9.97. The molecule has 1 aromatic heterocycles. The molecule has 0 spiro atoms. The van der Waals surface area contributed by atoms with Crippen molar-refractivity contribution in [1.29, 1.82) is 0 Å². The minimum Gasteiger partial charge on any atom is -0.385 e. The number of nitrogens with zero attached hydrogens (tertiary/aromatic N) is 2. The minimum atomic E-state index is 0. The van der Waals surface area contributed by atoms with Gasteiger partial charge in [0.2, 0.25) is 0 Å². The molecule has 0 saturated carbocycles. The van der Waals surface area contributed by atoms with Gasteiger partial charge in [0.15, 0.2) is 5.96 Å². The predicted octanol–water partition coefficient (Wildman–Crippen LogP) is 3.17. The van der Waals surface area contributed by atoms with Gasteiger partial charge in [-0.1, -0.05) is 6.07 Å². The van der Waals surface area contributed by atoms with Crippen molar-refractivity contribution in [3.05, 3.63) is 22.4 Å². The molecule has 2 heterocycles. The van der Waals surface area contributed by atoms with Crippen LogP contribution in [0.25, 0.3) is 0 Å². The molecule has 1 fully saturated rings. The first-order chi connectivity index (χ1) is 11.8. The zero-order valence-corrected chi connectivity index (χ0v) is 18.6. The summed E-state index contributed by atoms with van der Waals surface area (Å²) >= 11 is 1.86. The largest absolute Gasteiger partial charge is 0.385 e. The average molecular weight is 480 g/mol. The van der Waals surface area contributed by atoms with Crippen molar-refractivity contribution < 1.29 is 4.74 Å². The van der Waals surface area contributed by atoms with Crippen LogP contribution in [0.1, 0.15) is 31.1 Å². The van der Waals surface area contributed by atoms with Crippen LogP contribution in [0.15, 0.2) is 22.5 Å². The number of hydrogen-bond donors (Lipinski definition) is 2. The number of guanidine groups is 1. The topological polar surface area (TPSA) is 48.9 Å². The normalized spacial score (nSPS) is 16.5. The summed E-state index contributed by atoms with van der Waals surface area (Å²) < 4.78 is 5.08. The molecule has 0 aromatic carbocycles. The average Bonchev–Trinajstić information content (AvgIpc) is 3.11. The van der Waals surface area contributed by atoms with E-state index in [9.17, 15) is 0 Å². The van der Waals surface area contributed by atoms with Crippen molar-refractivity contribution in [2.24, 2.45) is 10.9 Å². The van der Waals surface area contributed by atoms with E-state index in [0.717, 1.165) is 45.2 Å². The Kier molecular flexibility index (Phi) is 12.5. The summed E-state index contributed by atoms with van der Waals surface area (Å²) in [6.45, 7) is 9.11. The molecule has 1 aliphatic heterocycles. The lowest BCUT2D eigenvalue weighted by Crippen LogP contribution is -2.39. The number of nitrogens with one attached hydrogen (secondary N) is 2. The second kappa shape index (κ2) is 13.8. The molecule has 0 radical (unpaired) electrons. The Bertz CT molecular complexity index is 462. The van der Waals surface area contributed by atoms with Gasteiger partial charge in [0.05, 0.1) is 0 Å². The maximum absolute atomic E-state index is 5.08. The second-order valence-corrected chi connectivity index (χ2v) is 7.32. The molecule has 0 atom stereocenters. The molecule has 1 aliphatic rings. The van der Waals surface area contributed by atoms with Gasteiger partial charge in [-0.05, 0) is 56.6 Å². The van der Waals surface area contributed by atoms with Crippen LogP contribution in [-0.4, -0.2) is 57.3 Å². The SMILES string of the molecule is CCNC(=NCC1CCN(Cc2cccs2)CC1)NCCCOC.I. The van der Waals surface area contributed by atoms with Gasteiger partial charge in [-0.25, -0.2) is 0 Å². The number of piperidine rings is 1. The van der Waals surface area contributed by atoms with Crippen molar-refractivity contribution >= 4 is 41.3 Å². The monoisotopic (exact) mass is 480 g/mol. The Morgan fingerprint density at radius 3 is 2.80 bits per heavy atom. The fraction of sp³-hybridized carbons (Fsp3) is 0.722. The standard InChI is InChI=1S/C18H32N4OS.HI/c1-3-19-18(20-9-5-12-23-2)21-14-16-7-10-22(11-8-16)15-17-6-4-13-24-17;/h4,6,13,16H,3,5,7-12,14-15H2,1-2H3,(H2,19,20,21);1H. The highest BCUT2D eigenvalue weighted by Crippen LogP contribution is 2.20. The van der Waals surface area contributed by atoms with Crippen molar-refractivity contribution in [3.63, 3.8) is 0 Å². The molecule has 0 unspecified atom stereocenters. The summed E-state index contributed by atoms with van der Waals surface area (Å²) in [5.41, 5.74) is 0. The highest BCUT2D eigenvalue weighted by atomic mass is 127. The highest BCUT2D eigenvalue weighted by Gasteiger charge is 2.19. The van der Waals surface area contributed by atoms with E-state index >= 15 is 0 Å². The van der Waals surface area contributed by atoms with Crippen molar-refractivity contribution in [1.82, 2.24) is 15.5 Å². The van der Waals surface area contributed by atoms with Gasteiger partial charge in [0.25, 0.3) is 0 Å². The van der Waals surface area contributed by atoms with Crippen LogP contribution >= 0.6 is 35.3 Å². The maximum Gasteiger partial charge on any atom is 0.191 e. The summed E-state index contributed by atoms with van der Waals surface area (Å²) in [6, 6.07) is 4.38. The van der Waals surface area contributed by atoms with Gasteiger partial charge < -0.3 is 15.4 Å². The zero-order valence-electron chi connectivity index (χ0n) is 15.5. The van der Waals surface area contributed by atoms with E-state index in [2.05, 4.69) is 40.0 Å². The smallest absolute Gasteiger partial charge is 0.191 e. The Morgan fingerprint density at radius 2 is 2.16 bits per heavy atom. The minimum absolute atomic E-state index is 0. The molecule has 5 nitrogen and oxygen atoms in total. The number of halogens is 1. The van der Waals surface area contributed by atoms with Gasteiger partial charge >= 0.3 is 0 Å². The Balaban J connectivity index is 0.00000312. The first kappa shape index (κ1) is 22.7. The van der Waals surface area contributed by atoms with Crippen LogP contribution in [-0.2, 0) is 11.3 Å². The molecule has 25 heavy (non-hydrogen) atoms. The number of methoxy groups -OCH3 is 1. The molecule has 2 rings (SSSR count). The Labute approximate surface area is 173 Å². The fourth-order valence-electron chi connectivity index (χ4n) is 2.94. The number of ether oxygens (including phenoxy) is 1. The Hall–Kier alpha value is -0.380. The molecule has 7 heteroatoms. The van der Waals surface area contributed by atoms with E-state index < -0.39 is 0 Å². The highest BCUT2D eigenvalue weighted by molar-refractivity contribution is 14.0. The number of rotatable bonds is 9. The van der Waals surface area contributed by atoms with Crippen LogP contribution in [0.5, 0.6) is 0 Å². The van der Waals surface area contributed by atoms with Crippen LogP contribution < -0.4 is 10.6 Å². The lowest BCUT2D eigenvalue weighted by molar-refractivity contribution is 0.182. The number of likely N-dealkylation sites (tertiary alicyclic amines) is 1.